The van der Waals surface area contributed by atoms with E-state index in [1.54, 1.807) is 12.1 Å². The molecule has 21 heavy (non-hydrogen) atoms. The lowest BCUT2D eigenvalue weighted by Gasteiger charge is -2.16. The molecule has 1 fully saturated rings. The largest absolute Gasteiger partial charge is 0.331 e. The number of fused-ring (bicyclic) bond motifs is 1. The number of nitrogens with one attached hydrogen (secondary N) is 1. The number of benzene rings is 1. The molecular weight excluding hydrogens is 265 g/mol. The van der Waals surface area contributed by atoms with Gasteiger partial charge in [0, 0.05) is 37.7 Å². The molecule has 4 heteroatoms. The molecule has 0 atom stereocenters. The maximum Gasteiger partial charge on any atom is 0.123 e. The van der Waals surface area contributed by atoms with Gasteiger partial charge in [0.15, 0.2) is 0 Å². The minimum absolute atomic E-state index is 0.147. The van der Waals surface area contributed by atoms with Crippen molar-refractivity contribution >= 4 is 0 Å². The van der Waals surface area contributed by atoms with Crippen LogP contribution >= 0.6 is 0 Å². The SMILES string of the molecule is Fc1cccc(CCn2c(C3CC3)nc3c2CCNC3)c1. The van der Waals surface area contributed by atoms with E-state index in [0.29, 0.717) is 5.92 Å². The summed E-state index contributed by atoms with van der Waals surface area (Å²) in [4.78, 5) is 4.87. The van der Waals surface area contributed by atoms with Gasteiger partial charge in [0.05, 0.1) is 5.69 Å². The normalized spacial score (nSPS) is 17.8. The Morgan fingerprint density at radius 2 is 2.24 bits per heavy atom. The topological polar surface area (TPSA) is 29.9 Å². The molecule has 0 unspecified atom stereocenters. The number of nitrogens with zero attached hydrogens (tertiary/aromatic N) is 2. The van der Waals surface area contributed by atoms with E-state index in [0.717, 1.165) is 38.0 Å². The summed E-state index contributed by atoms with van der Waals surface area (Å²) in [6.45, 7) is 2.84. The van der Waals surface area contributed by atoms with Crippen LogP contribution in [0.15, 0.2) is 24.3 Å². The molecule has 1 aromatic carbocycles. The molecular formula is C17H20FN3. The van der Waals surface area contributed by atoms with Crippen LogP contribution in [0.25, 0.3) is 0 Å². The molecule has 0 saturated heterocycles. The average Bonchev–Trinajstić information content (AvgIpc) is 3.27. The molecule has 0 amide bonds. The molecule has 0 radical (unpaired) electrons. The van der Waals surface area contributed by atoms with Crippen LogP contribution in [-0.2, 0) is 25.9 Å². The highest BCUT2D eigenvalue weighted by molar-refractivity contribution is 5.25. The summed E-state index contributed by atoms with van der Waals surface area (Å²) in [7, 11) is 0. The van der Waals surface area contributed by atoms with Gasteiger partial charge in [0.2, 0.25) is 0 Å². The van der Waals surface area contributed by atoms with Crippen LogP contribution in [0, 0.1) is 5.82 Å². The summed E-state index contributed by atoms with van der Waals surface area (Å²) >= 11 is 0. The first-order valence-electron chi connectivity index (χ1n) is 7.84. The van der Waals surface area contributed by atoms with Crippen LogP contribution in [0.2, 0.25) is 0 Å². The highest BCUT2D eigenvalue weighted by Gasteiger charge is 2.31. The van der Waals surface area contributed by atoms with Gasteiger partial charge in [-0.2, -0.15) is 0 Å². The van der Waals surface area contributed by atoms with E-state index >= 15 is 0 Å². The Kier molecular flexibility index (Phi) is 3.26. The molecule has 1 N–H and O–H groups in total. The monoisotopic (exact) mass is 285 g/mol. The van der Waals surface area contributed by atoms with Crippen molar-refractivity contribution in [1.82, 2.24) is 14.9 Å². The van der Waals surface area contributed by atoms with Gasteiger partial charge in [0.25, 0.3) is 0 Å². The highest BCUT2D eigenvalue weighted by Crippen LogP contribution is 2.40. The van der Waals surface area contributed by atoms with Gasteiger partial charge in [-0.25, -0.2) is 9.37 Å². The van der Waals surface area contributed by atoms with Gasteiger partial charge < -0.3 is 9.88 Å². The third kappa shape index (κ3) is 2.60. The van der Waals surface area contributed by atoms with Crippen molar-refractivity contribution in [2.45, 2.75) is 44.7 Å². The molecule has 3 nitrogen and oxygen atoms in total. The van der Waals surface area contributed by atoms with Crippen molar-refractivity contribution in [3.63, 3.8) is 0 Å². The van der Waals surface area contributed by atoms with Gasteiger partial charge >= 0.3 is 0 Å². The zero-order chi connectivity index (χ0) is 14.2. The maximum absolute atomic E-state index is 13.3. The van der Waals surface area contributed by atoms with Gasteiger partial charge in [0.1, 0.15) is 11.6 Å². The van der Waals surface area contributed by atoms with Gasteiger partial charge in [-0.05, 0) is 37.0 Å². The van der Waals surface area contributed by atoms with Crippen LogP contribution < -0.4 is 5.32 Å². The van der Waals surface area contributed by atoms with E-state index in [-0.39, 0.29) is 5.82 Å². The molecule has 4 rings (SSSR count). The number of hydrogen-bond acceptors (Lipinski definition) is 2. The van der Waals surface area contributed by atoms with E-state index in [1.807, 2.05) is 6.07 Å². The van der Waals surface area contributed by atoms with E-state index in [9.17, 15) is 4.39 Å². The molecule has 1 aromatic heterocycles. The van der Waals surface area contributed by atoms with E-state index in [4.69, 9.17) is 4.98 Å². The zero-order valence-electron chi connectivity index (χ0n) is 12.1. The Bertz CT molecular complexity index is 658. The quantitative estimate of drug-likeness (QED) is 0.936. The predicted octanol–water partition coefficient (Wildman–Crippen LogP) is 2.79. The standard InChI is InChI=1S/C17H20FN3/c18-14-3-1-2-12(10-14)7-9-21-16-6-8-19-11-15(16)20-17(21)13-4-5-13/h1-3,10,13,19H,4-9,11H2. The summed E-state index contributed by atoms with van der Waals surface area (Å²) in [5.41, 5.74) is 3.68. The predicted molar refractivity (Wildman–Crippen MR) is 79.7 cm³/mol. The molecule has 2 heterocycles. The molecule has 1 aliphatic heterocycles. The van der Waals surface area contributed by atoms with Crippen LogP contribution in [0.4, 0.5) is 4.39 Å². The Morgan fingerprint density at radius 3 is 3.05 bits per heavy atom. The zero-order valence-corrected chi connectivity index (χ0v) is 12.1. The first-order chi connectivity index (χ1) is 10.3. The lowest BCUT2D eigenvalue weighted by molar-refractivity contribution is 0.574. The number of halogens is 1. The molecule has 0 spiro atoms. The van der Waals surface area contributed by atoms with Crippen LogP contribution in [0.3, 0.4) is 0 Å². The van der Waals surface area contributed by atoms with Gasteiger partial charge in [-0.1, -0.05) is 12.1 Å². The minimum atomic E-state index is -0.147. The number of imidazole rings is 1. The fourth-order valence-corrected chi connectivity index (χ4v) is 3.23. The van der Waals surface area contributed by atoms with Crippen molar-refractivity contribution in [2.24, 2.45) is 0 Å². The van der Waals surface area contributed by atoms with Crippen molar-refractivity contribution in [3.05, 3.63) is 52.9 Å². The lowest BCUT2D eigenvalue weighted by Crippen LogP contribution is -2.25. The lowest BCUT2D eigenvalue weighted by atomic mass is 10.1. The fraction of sp³-hybridized carbons (Fsp3) is 0.471. The Morgan fingerprint density at radius 1 is 1.33 bits per heavy atom. The average molecular weight is 285 g/mol. The van der Waals surface area contributed by atoms with Crippen molar-refractivity contribution < 1.29 is 4.39 Å². The number of aryl methyl sites for hydroxylation is 1. The second-order valence-corrected chi connectivity index (χ2v) is 6.10. The molecule has 1 aliphatic carbocycles. The third-order valence-corrected chi connectivity index (χ3v) is 4.47. The Labute approximate surface area is 124 Å². The summed E-state index contributed by atoms with van der Waals surface area (Å²) in [6, 6.07) is 6.94. The van der Waals surface area contributed by atoms with Crippen LogP contribution in [0.1, 0.15) is 41.5 Å². The minimum Gasteiger partial charge on any atom is -0.331 e. The molecule has 0 bridgehead atoms. The van der Waals surface area contributed by atoms with Gasteiger partial charge in [-0.15, -0.1) is 0 Å². The second-order valence-electron chi connectivity index (χ2n) is 6.10. The third-order valence-electron chi connectivity index (χ3n) is 4.47. The van der Waals surface area contributed by atoms with Gasteiger partial charge in [-0.3, -0.25) is 0 Å². The fourth-order valence-electron chi connectivity index (χ4n) is 3.23. The summed E-state index contributed by atoms with van der Waals surface area (Å²) in [5, 5.41) is 3.40. The number of hydrogen-bond donors (Lipinski definition) is 1. The summed E-state index contributed by atoms with van der Waals surface area (Å²) < 4.78 is 15.7. The molecule has 2 aliphatic rings. The summed E-state index contributed by atoms with van der Waals surface area (Å²) in [6.07, 6.45) is 4.46. The number of aromatic nitrogens is 2. The second kappa shape index (κ2) is 5.26. The van der Waals surface area contributed by atoms with Crippen molar-refractivity contribution in [3.8, 4) is 0 Å². The van der Waals surface area contributed by atoms with E-state index < -0.39 is 0 Å². The smallest absolute Gasteiger partial charge is 0.123 e. The Balaban J connectivity index is 1.60. The molecule has 2 aromatic rings. The van der Waals surface area contributed by atoms with Crippen LogP contribution in [-0.4, -0.2) is 16.1 Å². The van der Waals surface area contributed by atoms with Crippen LogP contribution in [0.5, 0.6) is 0 Å². The Hall–Kier alpha value is -1.68. The van der Waals surface area contributed by atoms with Crippen molar-refractivity contribution in [2.75, 3.05) is 6.54 Å². The maximum atomic E-state index is 13.3. The highest BCUT2D eigenvalue weighted by atomic mass is 19.1. The van der Waals surface area contributed by atoms with E-state index in [2.05, 4.69) is 9.88 Å². The summed E-state index contributed by atoms with van der Waals surface area (Å²) in [5.74, 6) is 1.77. The number of rotatable bonds is 4. The molecule has 1 saturated carbocycles. The first kappa shape index (κ1) is 13.0. The first-order valence-corrected chi connectivity index (χ1v) is 7.84. The van der Waals surface area contributed by atoms with Crippen molar-refractivity contribution in [1.29, 1.82) is 0 Å². The molecule has 110 valence electrons. The van der Waals surface area contributed by atoms with E-state index in [1.165, 1.54) is 36.1 Å².